The summed E-state index contributed by atoms with van der Waals surface area (Å²) in [5, 5.41) is 12.9. The van der Waals surface area contributed by atoms with Crippen LogP contribution < -0.4 is 5.32 Å². The van der Waals surface area contributed by atoms with Crippen molar-refractivity contribution >= 4 is 5.65 Å². The molecule has 2 aromatic heterocycles. The van der Waals surface area contributed by atoms with Crippen LogP contribution in [-0.4, -0.2) is 26.0 Å². The van der Waals surface area contributed by atoms with Crippen molar-refractivity contribution in [1.29, 1.82) is 0 Å². The number of rotatable bonds is 5. The monoisotopic (exact) mass is 304 g/mol. The molecule has 114 valence electrons. The summed E-state index contributed by atoms with van der Waals surface area (Å²) in [6.45, 7) is 0.425. The third-order valence-electron chi connectivity index (χ3n) is 3.37. The van der Waals surface area contributed by atoms with Crippen molar-refractivity contribution in [2.75, 3.05) is 6.54 Å². The van der Waals surface area contributed by atoms with Crippen LogP contribution in [0.25, 0.3) is 5.65 Å². The maximum absolute atomic E-state index is 13.6. The number of benzene rings is 1. The lowest BCUT2D eigenvalue weighted by molar-refractivity contribution is 0.164. The van der Waals surface area contributed by atoms with Gasteiger partial charge in [-0.25, -0.2) is 13.8 Å². The highest BCUT2D eigenvalue weighted by molar-refractivity contribution is 5.36. The molecule has 2 heterocycles. The third kappa shape index (κ3) is 2.81. The molecule has 1 aromatic carbocycles. The second kappa shape index (κ2) is 6.17. The molecule has 0 saturated heterocycles. The molecule has 0 spiro atoms. The Labute approximate surface area is 125 Å². The number of fused-ring (bicyclic) bond motifs is 1. The second-order valence-corrected chi connectivity index (χ2v) is 4.84. The van der Waals surface area contributed by atoms with Crippen LogP contribution in [-0.2, 0) is 6.54 Å². The first-order chi connectivity index (χ1) is 10.7. The van der Waals surface area contributed by atoms with E-state index in [-0.39, 0.29) is 12.1 Å². The summed E-state index contributed by atoms with van der Waals surface area (Å²) in [6, 6.07) is 3.51. The SMILES string of the molecule is OC(CNCc1cnc2cnccn12)c1c(F)cccc1F. The van der Waals surface area contributed by atoms with E-state index in [2.05, 4.69) is 15.3 Å². The van der Waals surface area contributed by atoms with Crippen LogP contribution in [0.4, 0.5) is 8.78 Å². The van der Waals surface area contributed by atoms with Crippen molar-refractivity contribution < 1.29 is 13.9 Å². The van der Waals surface area contributed by atoms with Gasteiger partial charge in [-0.2, -0.15) is 0 Å². The first-order valence-electron chi connectivity index (χ1n) is 6.75. The van der Waals surface area contributed by atoms with Gasteiger partial charge in [0.1, 0.15) is 11.6 Å². The average molecular weight is 304 g/mol. The highest BCUT2D eigenvalue weighted by atomic mass is 19.1. The number of imidazole rings is 1. The molecule has 0 bridgehead atoms. The highest BCUT2D eigenvalue weighted by Crippen LogP contribution is 2.20. The van der Waals surface area contributed by atoms with Gasteiger partial charge in [0, 0.05) is 25.5 Å². The summed E-state index contributed by atoms with van der Waals surface area (Å²) >= 11 is 0. The van der Waals surface area contributed by atoms with Crippen LogP contribution in [0.1, 0.15) is 17.4 Å². The van der Waals surface area contributed by atoms with E-state index >= 15 is 0 Å². The Kier molecular flexibility index (Phi) is 4.08. The van der Waals surface area contributed by atoms with E-state index in [1.54, 1.807) is 24.8 Å². The molecule has 0 aliphatic heterocycles. The van der Waals surface area contributed by atoms with Gasteiger partial charge < -0.3 is 10.4 Å². The maximum Gasteiger partial charge on any atom is 0.155 e. The normalized spacial score (nSPS) is 12.7. The van der Waals surface area contributed by atoms with Gasteiger partial charge in [-0.1, -0.05) is 6.07 Å². The average Bonchev–Trinajstić information content (AvgIpc) is 2.91. The third-order valence-corrected chi connectivity index (χ3v) is 3.37. The fourth-order valence-electron chi connectivity index (χ4n) is 2.29. The Morgan fingerprint density at radius 3 is 2.77 bits per heavy atom. The number of aliphatic hydroxyl groups excluding tert-OH is 1. The van der Waals surface area contributed by atoms with Crippen LogP contribution in [0, 0.1) is 11.6 Å². The molecule has 2 N–H and O–H groups in total. The summed E-state index contributed by atoms with van der Waals surface area (Å²) < 4.78 is 29.0. The summed E-state index contributed by atoms with van der Waals surface area (Å²) in [5.41, 5.74) is 1.25. The number of hydrogen-bond donors (Lipinski definition) is 2. The highest BCUT2D eigenvalue weighted by Gasteiger charge is 2.17. The van der Waals surface area contributed by atoms with Gasteiger partial charge in [0.05, 0.1) is 29.8 Å². The van der Waals surface area contributed by atoms with E-state index < -0.39 is 17.7 Å². The van der Waals surface area contributed by atoms with Gasteiger partial charge in [0.25, 0.3) is 0 Å². The molecule has 22 heavy (non-hydrogen) atoms. The van der Waals surface area contributed by atoms with E-state index in [9.17, 15) is 13.9 Å². The van der Waals surface area contributed by atoms with E-state index in [4.69, 9.17) is 0 Å². The number of nitrogens with one attached hydrogen (secondary N) is 1. The van der Waals surface area contributed by atoms with Gasteiger partial charge >= 0.3 is 0 Å². The quantitative estimate of drug-likeness (QED) is 0.755. The van der Waals surface area contributed by atoms with E-state index in [0.717, 1.165) is 17.8 Å². The predicted octanol–water partition coefficient (Wildman–Crippen LogP) is 1.83. The van der Waals surface area contributed by atoms with Crippen molar-refractivity contribution in [2.45, 2.75) is 12.6 Å². The molecule has 0 radical (unpaired) electrons. The fraction of sp³-hybridized carbons (Fsp3) is 0.200. The molecule has 0 aliphatic carbocycles. The second-order valence-electron chi connectivity index (χ2n) is 4.84. The molecule has 3 rings (SSSR count). The first-order valence-corrected chi connectivity index (χ1v) is 6.75. The molecule has 7 heteroatoms. The Bertz CT molecular complexity index is 770. The minimum Gasteiger partial charge on any atom is -0.387 e. The first kappa shape index (κ1) is 14.6. The fourth-order valence-corrected chi connectivity index (χ4v) is 2.29. The number of aliphatic hydroxyl groups is 1. The van der Waals surface area contributed by atoms with Gasteiger partial charge in [0.15, 0.2) is 5.65 Å². The molecule has 0 saturated carbocycles. The molecule has 1 atom stereocenters. The van der Waals surface area contributed by atoms with Crippen LogP contribution in [0.15, 0.2) is 43.0 Å². The standard InChI is InChI=1S/C15H14F2N4O/c16-11-2-1-3-12(17)15(11)13(22)8-19-6-10-7-20-14-9-18-4-5-21(10)14/h1-5,7,9,13,19,22H,6,8H2. The van der Waals surface area contributed by atoms with Gasteiger partial charge in [0.2, 0.25) is 0 Å². The van der Waals surface area contributed by atoms with E-state index in [0.29, 0.717) is 12.2 Å². The van der Waals surface area contributed by atoms with Crippen LogP contribution >= 0.6 is 0 Å². The molecular formula is C15H14F2N4O. The van der Waals surface area contributed by atoms with Gasteiger partial charge in [-0.05, 0) is 12.1 Å². The lowest BCUT2D eigenvalue weighted by Crippen LogP contribution is -2.23. The topological polar surface area (TPSA) is 62.5 Å². The smallest absolute Gasteiger partial charge is 0.155 e. The largest absolute Gasteiger partial charge is 0.387 e. The predicted molar refractivity (Wildman–Crippen MR) is 76.0 cm³/mol. The van der Waals surface area contributed by atoms with Crippen LogP contribution in [0.3, 0.4) is 0 Å². The molecule has 3 aromatic rings. The van der Waals surface area contributed by atoms with Crippen molar-refractivity contribution in [2.24, 2.45) is 0 Å². The summed E-state index contributed by atoms with van der Waals surface area (Å²) in [5.74, 6) is -1.51. The number of aromatic nitrogens is 3. The van der Waals surface area contributed by atoms with Gasteiger partial charge in [-0.3, -0.25) is 9.38 Å². The van der Waals surface area contributed by atoms with Crippen LogP contribution in [0.2, 0.25) is 0 Å². The van der Waals surface area contributed by atoms with Gasteiger partial charge in [-0.15, -0.1) is 0 Å². The number of hydrogen-bond acceptors (Lipinski definition) is 4. The maximum atomic E-state index is 13.6. The molecular weight excluding hydrogens is 290 g/mol. The lowest BCUT2D eigenvalue weighted by Gasteiger charge is -2.13. The van der Waals surface area contributed by atoms with Crippen molar-refractivity contribution in [3.63, 3.8) is 0 Å². The Hall–Kier alpha value is -2.38. The minimum atomic E-state index is -1.26. The van der Waals surface area contributed by atoms with Crippen LogP contribution in [0.5, 0.6) is 0 Å². The Morgan fingerprint density at radius 1 is 1.23 bits per heavy atom. The minimum absolute atomic E-state index is 0.0240. The summed E-state index contributed by atoms with van der Waals surface area (Å²) in [4.78, 5) is 8.15. The lowest BCUT2D eigenvalue weighted by atomic mass is 10.1. The molecule has 0 fully saturated rings. The molecule has 1 unspecified atom stereocenters. The summed E-state index contributed by atoms with van der Waals surface area (Å²) in [7, 11) is 0. The Morgan fingerprint density at radius 2 is 2.00 bits per heavy atom. The zero-order valence-electron chi connectivity index (χ0n) is 11.6. The molecule has 0 amide bonds. The van der Waals surface area contributed by atoms with Crippen molar-refractivity contribution in [3.8, 4) is 0 Å². The van der Waals surface area contributed by atoms with E-state index in [1.165, 1.54) is 6.07 Å². The number of nitrogens with zero attached hydrogens (tertiary/aromatic N) is 3. The zero-order chi connectivity index (χ0) is 15.5. The Balaban J connectivity index is 1.66. The van der Waals surface area contributed by atoms with Crippen molar-refractivity contribution in [3.05, 3.63) is 65.9 Å². The number of halogens is 2. The summed E-state index contributed by atoms with van der Waals surface area (Å²) in [6.07, 6.45) is 5.46. The molecule has 0 aliphatic rings. The van der Waals surface area contributed by atoms with Crippen molar-refractivity contribution in [1.82, 2.24) is 19.7 Å². The molecule has 5 nitrogen and oxygen atoms in total. The van der Waals surface area contributed by atoms with E-state index in [1.807, 2.05) is 4.40 Å². The zero-order valence-corrected chi connectivity index (χ0v) is 11.6.